The quantitative estimate of drug-likeness (QED) is 0.722. The van der Waals surface area contributed by atoms with Gasteiger partial charge in [0.1, 0.15) is 0 Å². The molecule has 20 heavy (non-hydrogen) atoms. The van der Waals surface area contributed by atoms with Gasteiger partial charge in [0.15, 0.2) is 0 Å². The van der Waals surface area contributed by atoms with Gasteiger partial charge in [-0.1, -0.05) is 15.9 Å². The van der Waals surface area contributed by atoms with Gasteiger partial charge in [-0.15, -0.1) is 0 Å². The smallest absolute Gasteiger partial charge is 0.207 e. The highest BCUT2D eigenvalue weighted by atomic mass is 79.9. The van der Waals surface area contributed by atoms with Crippen molar-refractivity contribution in [2.24, 2.45) is 0 Å². The van der Waals surface area contributed by atoms with Crippen LogP contribution < -0.4 is 0 Å². The molecule has 0 radical (unpaired) electrons. The normalized spacial score (nSPS) is 11.9. The highest BCUT2D eigenvalue weighted by Gasteiger charge is 2.29. The fourth-order valence-electron chi connectivity index (χ4n) is 1.77. The summed E-state index contributed by atoms with van der Waals surface area (Å²) in [7, 11) is -3.64. The van der Waals surface area contributed by atoms with Crippen molar-refractivity contribution in [2.45, 2.75) is 38.1 Å². The lowest BCUT2D eigenvalue weighted by atomic mass is 10.2. The number of halogens is 2. The summed E-state index contributed by atoms with van der Waals surface area (Å²) in [4.78, 5) is 0.210. The molecule has 1 aromatic rings. The number of sulfonamides is 1. The van der Waals surface area contributed by atoms with Gasteiger partial charge in [-0.3, -0.25) is 0 Å². The van der Waals surface area contributed by atoms with Crippen molar-refractivity contribution in [1.29, 1.82) is 5.26 Å². The van der Waals surface area contributed by atoms with E-state index in [9.17, 15) is 8.42 Å². The van der Waals surface area contributed by atoms with E-state index in [1.807, 2.05) is 13.0 Å². The van der Waals surface area contributed by atoms with E-state index in [0.29, 0.717) is 4.47 Å². The SMILES string of the molecule is Cc1cc(Br)c(S(=O)(=O)N(CCC#N)C(C)C)cc1Br. The molecule has 1 aromatic carbocycles. The molecule has 0 bridgehead atoms. The van der Waals surface area contributed by atoms with E-state index in [1.54, 1.807) is 26.0 Å². The second-order valence-corrected chi connectivity index (χ2v) is 8.22. The van der Waals surface area contributed by atoms with Crippen molar-refractivity contribution in [3.63, 3.8) is 0 Å². The molecule has 0 aliphatic carbocycles. The zero-order valence-electron chi connectivity index (χ0n) is 11.5. The molecular weight excluding hydrogens is 408 g/mol. The maximum Gasteiger partial charge on any atom is 0.244 e. The number of benzene rings is 1. The Bertz CT molecular complexity index is 637. The molecule has 0 spiro atoms. The van der Waals surface area contributed by atoms with Crippen molar-refractivity contribution in [3.8, 4) is 6.07 Å². The number of hydrogen-bond acceptors (Lipinski definition) is 3. The van der Waals surface area contributed by atoms with Crippen LogP contribution >= 0.6 is 31.9 Å². The van der Waals surface area contributed by atoms with Gasteiger partial charge in [0.2, 0.25) is 10.0 Å². The second kappa shape index (κ2) is 7.03. The molecule has 110 valence electrons. The van der Waals surface area contributed by atoms with Crippen LogP contribution in [0.1, 0.15) is 25.8 Å². The van der Waals surface area contributed by atoms with E-state index in [0.717, 1.165) is 10.0 Å². The van der Waals surface area contributed by atoms with Crippen molar-refractivity contribution < 1.29 is 8.42 Å². The predicted octanol–water partition coefficient (Wildman–Crippen LogP) is 3.83. The number of aryl methyl sites for hydroxylation is 1. The Labute approximate surface area is 137 Å². The van der Waals surface area contributed by atoms with Crippen LogP contribution in [0.3, 0.4) is 0 Å². The maximum absolute atomic E-state index is 12.7. The van der Waals surface area contributed by atoms with E-state index >= 15 is 0 Å². The van der Waals surface area contributed by atoms with E-state index in [2.05, 4.69) is 31.9 Å². The molecule has 1 rings (SSSR count). The molecular formula is C13H16Br2N2O2S. The Balaban J connectivity index is 3.34. The molecule has 0 saturated carbocycles. The third-order valence-electron chi connectivity index (χ3n) is 2.82. The number of hydrogen-bond donors (Lipinski definition) is 0. The minimum absolute atomic E-state index is 0.169. The Morgan fingerprint density at radius 2 is 1.90 bits per heavy atom. The van der Waals surface area contributed by atoms with Crippen LogP contribution in [0.4, 0.5) is 0 Å². The third kappa shape index (κ3) is 3.82. The summed E-state index contributed by atoms with van der Waals surface area (Å²) in [6, 6.07) is 5.13. The number of nitriles is 1. The molecule has 0 aliphatic heterocycles. The first-order valence-corrected chi connectivity index (χ1v) is 9.09. The third-order valence-corrected chi connectivity index (χ3v) is 6.71. The Morgan fingerprint density at radius 3 is 2.40 bits per heavy atom. The van der Waals surface area contributed by atoms with Crippen molar-refractivity contribution in [3.05, 3.63) is 26.6 Å². The molecule has 0 unspecified atom stereocenters. The molecule has 0 N–H and O–H groups in total. The summed E-state index contributed by atoms with van der Waals surface area (Å²) in [5.74, 6) is 0. The summed E-state index contributed by atoms with van der Waals surface area (Å²) in [5.41, 5.74) is 0.948. The monoisotopic (exact) mass is 422 g/mol. The van der Waals surface area contributed by atoms with E-state index < -0.39 is 10.0 Å². The van der Waals surface area contributed by atoms with Gasteiger partial charge in [0.05, 0.1) is 11.0 Å². The second-order valence-electron chi connectivity index (χ2n) is 4.65. The van der Waals surface area contributed by atoms with Crippen molar-refractivity contribution >= 4 is 41.9 Å². The van der Waals surface area contributed by atoms with E-state index in [1.165, 1.54) is 4.31 Å². The van der Waals surface area contributed by atoms with E-state index in [4.69, 9.17) is 5.26 Å². The first kappa shape index (κ1) is 17.6. The summed E-state index contributed by atoms with van der Waals surface area (Å²) < 4.78 is 28.1. The molecule has 0 fully saturated rings. The average molecular weight is 424 g/mol. The highest BCUT2D eigenvalue weighted by Crippen LogP contribution is 2.31. The lowest BCUT2D eigenvalue weighted by molar-refractivity contribution is 0.360. The van der Waals surface area contributed by atoms with Crippen LogP contribution in [0.5, 0.6) is 0 Å². The molecule has 0 saturated heterocycles. The zero-order chi connectivity index (χ0) is 15.5. The fourth-order valence-corrected chi connectivity index (χ4v) is 5.05. The summed E-state index contributed by atoms with van der Waals surface area (Å²) in [5, 5.41) is 8.68. The van der Waals surface area contributed by atoms with Gasteiger partial charge in [-0.25, -0.2) is 8.42 Å². The van der Waals surface area contributed by atoms with Gasteiger partial charge >= 0.3 is 0 Å². The molecule has 0 atom stereocenters. The van der Waals surface area contributed by atoms with Gasteiger partial charge < -0.3 is 0 Å². The van der Waals surface area contributed by atoms with Crippen LogP contribution in [-0.4, -0.2) is 25.3 Å². The minimum atomic E-state index is -3.64. The van der Waals surface area contributed by atoms with Crippen molar-refractivity contribution in [2.75, 3.05) is 6.54 Å². The van der Waals surface area contributed by atoms with Gasteiger partial charge in [-0.2, -0.15) is 9.57 Å². The molecule has 0 amide bonds. The lowest BCUT2D eigenvalue weighted by Gasteiger charge is -2.25. The number of rotatable bonds is 5. The van der Waals surface area contributed by atoms with Gasteiger partial charge in [0.25, 0.3) is 0 Å². The fraction of sp³-hybridized carbons (Fsp3) is 0.462. The van der Waals surface area contributed by atoms with E-state index in [-0.39, 0.29) is 23.9 Å². The zero-order valence-corrected chi connectivity index (χ0v) is 15.5. The maximum atomic E-state index is 12.7. The van der Waals surface area contributed by atoms with Gasteiger partial charge in [0, 0.05) is 28.0 Å². The van der Waals surface area contributed by atoms with Crippen LogP contribution in [0.15, 0.2) is 26.0 Å². The summed E-state index contributed by atoms with van der Waals surface area (Å²) in [6.45, 7) is 5.67. The standard InChI is InChI=1S/C13H16Br2N2O2S/c1-9(2)17(6-4-5-16)20(18,19)13-8-11(14)10(3)7-12(13)15/h7-9H,4,6H2,1-3H3. The molecule has 0 aliphatic rings. The first-order chi connectivity index (χ1) is 9.21. The van der Waals surface area contributed by atoms with Crippen LogP contribution in [0.2, 0.25) is 0 Å². The Hall–Kier alpha value is -0.420. The minimum Gasteiger partial charge on any atom is -0.207 e. The van der Waals surface area contributed by atoms with Crippen LogP contribution in [-0.2, 0) is 10.0 Å². The Kier molecular flexibility index (Phi) is 6.20. The van der Waals surface area contributed by atoms with Crippen LogP contribution in [0.25, 0.3) is 0 Å². The summed E-state index contributed by atoms with van der Waals surface area (Å²) in [6.07, 6.45) is 0.169. The predicted molar refractivity (Wildman–Crippen MR) is 85.8 cm³/mol. The largest absolute Gasteiger partial charge is 0.244 e. The lowest BCUT2D eigenvalue weighted by Crippen LogP contribution is -2.37. The van der Waals surface area contributed by atoms with Crippen LogP contribution in [0, 0.1) is 18.3 Å². The first-order valence-electron chi connectivity index (χ1n) is 6.06. The molecule has 0 heterocycles. The van der Waals surface area contributed by atoms with Gasteiger partial charge in [-0.05, 0) is 54.4 Å². The molecule has 4 nitrogen and oxygen atoms in total. The average Bonchev–Trinajstić information content (AvgIpc) is 2.33. The molecule has 7 heteroatoms. The molecule has 0 aromatic heterocycles. The topological polar surface area (TPSA) is 61.2 Å². The summed E-state index contributed by atoms with van der Waals surface area (Å²) >= 11 is 6.67. The van der Waals surface area contributed by atoms with Crippen molar-refractivity contribution in [1.82, 2.24) is 4.31 Å². The highest BCUT2D eigenvalue weighted by molar-refractivity contribution is 9.11. The Morgan fingerprint density at radius 1 is 1.30 bits per heavy atom. The number of nitrogens with zero attached hydrogens (tertiary/aromatic N) is 2.